The summed E-state index contributed by atoms with van der Waals surface area (Å²) < 4.78 is 22.9. The topological polar surface area (TPSA) is 34.1 Å². The first-order valence-corrected chi connectivity index (χ1v) is 6.52. The Balaban J connectivity index is 3.43. The molecule has 0 heterocycles. The van der Waals surface area contributed by atoms with Crippen LogP contribution < -0.4 is 0 Å². The molecule has 0 aliphatic heterocycles. The fraction of sp³-hybridized carbons (Fsp3) is 0.455. The molecule has 1 aromatic rings. The van der Waals surface area contributed by atoms with Crippen molar-refractivity contribution in [3.05, 3.63) is 29.3 Å². The minimum atomic E-state index is -3.09. The Labute approximate surface area is 85.9 Å². The fourth-order valence-corrected chi connectivity index (χ4v) is 2.66. The zero-order chi connectivity index (χ0) is 10.9. The molecule has 0 saturated heterocycles. The summed E-state index contributed by atoms with van der Waals surface area (Å²) in [5, 5.41) is 0. The van der Waals surface area contributed by atoms with Gasteiger partial charge in [-0.1, -0.05) is 26.0 Å². The van der Waals surface area contributed by atoms with Crippen LogP contribution >= 0.6 is 0 Å². The standard InChI is InChI=1S/C11H16O2S/c1-8(2)10-6-5-7-11(9(10)3)14(4,12)13/h5-8H,1-4H3. The molecule has 78 valence electrons. The highest BCUT2D eigenvalue weighted by molar-refractivity contribution is 7.90. The largest absolute Gasteiger partial charge is 0.224 e. The third-order valence-corrected chi connectivity index (χ3v) is 3.59. The van der Waals surface area contributed by atoms with Crippen LogP contribution in [0, 0.1) is 6.92 Å². The van der Waals surface area contributed by atoms with Gasteiger partial charge in [0.1, 0.15) is 0 Å². The van der Waals surface area contributed by atoms with Gasteiger partial charge in [0, 0.05) is 6.26 Å². The molecule has 14 heavy (non-hydrogen) atoms. The third-order valence-electron chi connectivity index (χ3n) is 2.35. The molecular formula is C11H16O2S. The van der Waals surface area contributed by atoms with E-state index in [1.807, 2.05) is 13.0 Å². The molecule has 1 aromatic carbocycles. The molecule has 0 unspecified atom stereocenters. The quantitative estimate of drug-likeness (QED) is 0.755. The maximum Gasteiger partial charge on any atom is 0.175 e. The van der Waals surface area contributed by atoms with E-state index in [1.165, 1.54) is 6.26 Å². The van der Waals surface area contributed by atoms with Gasteiger partial charge in [0.05, 0.1) is 4.90 Å². The van der Waals surface area contributed by atoms with Crippen molar-refractivity contribution in [1.82, 2.24) is 0 Å². The molecule has 1 rings (SSSR count). The maximum atomic E-state index is 11.4. The highest BCUT2D eigenvalue weighted by Crippen LogP contribution is 2.24. The molecule has 0 saturated carbocycles. The average molecular weight is 212 g/mol. The lowest BCUT2D eigenvalue weighted by Crippen LogP contribution is -2.03. The van der Waals surface area contributed by atoms with Crippen molar-refractivity contribution in [2.24, 2.45) is 0 Å². The Morgan fingerprint density at radius 1 is 1.21 bits per heavy atom. The Morgan fingerprint density at radius 3 is 2.21 bits per heavy atom. The minimum absolute atomic E-state index is 0.358. The number of benzene rings is 1. The molecule has 0 spiro atoms. The molecule has 0 aliphatic rings. The van der Waals surface area contributed by atoms with Crippen molar-refractivity contribution in [3.63, 3.8) is 0 Å². The van der Waals surface area contributed by atoms with E-state index in [2.05, 4.69) is 13.8 Å². The molecule has 2 nitrogen and oxygen atoms in total. The maximum absolute atomic E-state index is 11.4. The Morgan fingerprint density at radius 2 is 1.79 bits per heavy atom. The van der Waals surface area contributed by atoms with Crippen molar-refractivity contribution in [3.8, 4) is 0 Å². The van der Waals surface area contributed by atoms with Gasteiger partial charge >= 0.3 is 0 Å². The summed E-state index contributed by atoms with van der Waals surface area (Å²) in [5.41, 5.74) is 1.98. The van der Waals surface area contributed by atoms with E-state index in [0.717, 1.165) is 11.1 Å². The SMILES string of the molecule is Cc1c(C(C)C)cccc1S(C)(=O)=O. The summed E-state index contributed by atoms with van der Waals surface area (Å²) in [6, 6.07) is 5.45. The Bertz CT molecular complexity index is 431. The Hall–Kier alpha value is -0.830. The molecule has 3 heteroatoms. The van der Waals surface area contributed by atoms with Crippen LogP contribution in [0.1, 0.15) is 30.9 Å². The van der Waals surface area contributed by atoms with Gasteiger partial charge < -0.3 is 0 Å². The van der Waals surface area contributed by atoms with Crippen molar-refractivity contribution in [1.29, 1.82) is 0 Å². The smallest absolute Gasteiger partial charge is 0.175 e. The van der Waals surface area contributed by atoms with Crippen LogP contribution in [0.15, 0.2) is 23.1 Å². The first-order chi connectivity index (χ1) is 6.34. The van der Waals surface area contributed by atoms with E-state index in [0.29, 0.717) is 10.8 Å². The molecule has 0 amide bonds. The zero-order valence-corrected chi connectivity index (χ0v) is 9.85. The normalized spacial score (nSPS) is 12.1. The molecular weight excluding hydrogens is 196 g/mol. The van der Waals surface area contributed by atoms with Gasteiger partial charge in [-0.15, -0.1) is 0 Å². The Kier molecular flexibility index (Phi) is 3.00. The van der Waals surface area contributed by atoms with Crippen molar-refractivity contribution in [2.75, 3.05) is 6.26 Å². The fourth-order valence-electron chi connectivity index (χ4n) is 1.66. The van der Waals surface area contributed by atoms with Gasteiger partial charge in [0.2, 0.25) is 0 Å². The number of sulfone groups is 1. The highest BCUT2D eigenvalue weighted by atomic mass is 32.2. The van der Waals surface area contributed by atoms with E-state index in [4.69, 9.17) is 0 Å². The first kappa shape index (κ1) is 11.2. The molecule has 0 bridgehead atoms. The molecule has 0 aromatic heterocycles. The third kappa shape index (κ3) is 2.15. The highest BCUT2D eigenvalue weighted by Gasteiger charge is 2.14. The second kappa shape index (κ2) is 3.73. The molecule has 0 N–H and O–H groups in total. The lowest BCUT2D eigenvalue weighted by atomic mass is 9.98. The summed E-state index contributed by atoms with van der Waals surface area (Å²) in [4.78, 5) is 0.448. The van der Waals surface area contributed by atoms with Gasteiger partial charge in [-0.3, -0.25) is 0 Å². The predicted molar refractivity (Wildman–Crippen MR) is 58.4 cm³/mol. The van der Waals surface area contributed by atoms with Crippen molar-refractivity contribution >= 4 is 9.84 Å². The lowest BCUT2D eigenvalue weighted by molar-refractivity contribution is 0.601. The second-order valence-electron chi connectivity index (χ2n) is 3.90. The van der Waals surface area contributed by atoms with Crippen LogP contribution in [0.2, 0.25) is 0 Å². The molecule has 0 radical (unpaired) electrons. The zero-order valence-electron chi connectivity index (χ0n) is 9.03. The number of hydrogen-bond donors (Lipinski definition) is 0. The van der Waals surface area contributed by atoms with Crippen LogP contribution in [0.25, 0.3) is 0 Å². The molecule has 0 fully saturated rings. The van der Waals surface area contributed by atoms with Gasteiger partial charge in [-0.2, -0.15) is 0 Å². The summed E-state index contributed by atoms with van der Waals surface area (Å²) in [6.07, 6.45) is 1.25. The van der Waals surface area contributed by atoms with Crippen LogP contribution in [-0.2, 0) is 9.84 Å². The van der Waals surface area contributed by atoms with Gasteiger partial charge in [0.25, 0.3) is 0 Å². The molecule has 0 aliphatic carbocycles. The van der Waals surface area contributed by atoms with E-state index in [9.17, 15) is 8.42 Å². The van der Waals surface area contributed by atoms with Crippen LogP contribution in [0.5, 0.6) is 0 Å². The average Bonchev–Trinajstić information content (AvgIpc) is 2.01. The van der Waals surface area contributed by atoms with E-state index in [-0.39, 0.29) is 0 Å². The summed E-state index contributed by atoms with van der Waals surface area (Å²) >= 11 is 0. The van der Waals surface area contributed by atoms with Crippen molar-refractivity contribution in [2.45, 2.75) is 31.6 Å². The van der Waals surface area contributed by atoms with Crippen molar-refractivity contribution < 1.29 is 8.42 Å². The van der Waals surface area contributed by atoms with Crippen LogP contribution in [0.3, 0.4) is 0 Å². The summed E-state index contributed by atoms with van der Waals surface area (Å²) in [7, 11) is -3.09. The monoisotopic (exact) mass is 212 g/mol. The number of hydrogen-bond acceptors (Lipinski definition) is 2. The van der Waals surface area contributed by atoms with E-state index >= 15 is 0 Å². The number of rotatable bonds is 2. The van der Waals surface area contributed by atoms with Gasteiger partial charge in [-0.05, 0) is 30.0 Å². The van der Waals surface area contributed by atoms with Crippen LogP contribution in [0.4, 0.5) is 0 Å². The predicted octanol–water partition coefficient (Wildman–Crippen LogP) is 2.52. The minimum Gasteiger partial charge on any atom is -0.224 e. The first-order valence-electron chi connectivity index (χ1n) is 4.63. The summed E-state index contributed by atoms with van der Waals surface area (Å²) in [6.45, 7) is 5.99. The summed E-state index contributed by atoms with van der Waals surface area (Å²) in [5.74, 6) is 0.358. The molecule has 0 atom stereocenters. The van der Waals surface area contributed by atoms with E-state index < -0.39 is 9.84 Å². The lowest BCUT2D eigenvalue weighted by Gasteiger charge is -2.12. The van der Waals surface area contributed by atoms with Gasteiger partial charge in [-0.25, -0.2) is 8.42 Å². The second-order valence-corrected chi connectivity index (χ2v) is 5.88. The van der Waals surface area contributed by atoms with Crippen LogP contribution in [-0.4, -0.2) is 14.7 Å². The van der Waals surface area contributed by atoms with Gasteiger partial charge in [0.15, 0.2) is 9.84 Å². The van der Waals surface area contributed by atoms with E-state index in [1.54, 1.807) is 12.1 Å².